The number of hydrogen-bond donors (Lipinski definition) is 1. The number of carboxylic acid groups (broad SMARTS) is 1. The SMILES string of the molecule is Cc1cn(Cc2ccccc2)c(=O)c(CCCC(=O)O)c1/C=C/S(=O)(=O)c1ccccc1. The molecule has 32 heavy (non-hydrogen) atoms. The zero-order valence-electron chi connectivity index (χ0n) is 17.8. The van der Waals surface area contributed by atoms with Crippen molar-refractivity contribution in [1.82, 2.24) is 4.57 Å². The monoisotopic (exact) mass is 451 g/mol. The van der Waals surface area contributed by atoms with Crippen LogP contribution >= 0.6 is 0 Å². The highest BCUT2D eigenvalue weighted by molar-refractivity contribution is 7.94. The second kappa shape index (κ2) is 10.2. The average molecular weight is 452 g/mol. The van der Waals surface area contributed by atoms with Gasteiger partial charge in [0, 0.05) is 23.6 Å². The molecule has 0 saturated carbocycles. The van der Waals surface area contributed by atoms with Crippen molar-refractivity contribution in [3.05, 3.63) is 105 Å². The Morgan fingerprint density at radius 1 is 1.03 bits per heavy atom. The summed E-state index contributed by atoms with van der Waals surface area (Å²) in [6.45, 7) is 2.19. The molecule has 3 aromatic rings. The van der Waals surface area contributed by atoms with Gasteiger partial charge in [-0.1, -0.05) is 48.5 Å². The van der Waals surface area contributed by atoms with Gasteiger partial charge in [0.15, 0.2) is 9.84 Å². The van der Waals surface area contributed by atoms with Gasteiger partial charge < -0.3 is 9.67 Å². The van der Waals surface area contributed by atoms with Crippen molar-refractivity contribution >= 4 is 21.9 Å². The molecule has 0 aliphatic carbocycles. The van der Waals surface area contributed by atoms with Crippen LogP contribution in [0.1, 0.15) is 35.1 Å². The summed E-state index contributed by atoms with van der Waals surface area (Å²) < 4.78 is 26.9. The van der Waals surface area contributed by atoms with Crippen LogP contribution in [-0.2, 0) is 27.6 Å². The van der Waals surface area contributed by atoms with Crippen molar-refractivity contribution in [1.29, 1.82) is 0 Å². The fourth-order valence-electron chi connectivity index (χ4n) is 3.52. The molecule has 1 aromatic heterocycles. The third-order valence-electron chi connectivity index (χ3n) is 5.12. The Hall–Kier alpha value is -3.45. The Bertz CT molecular complexity index is 1280. The molecule has 2 aromatic carbocycles. The highest BCUT2D eigenvalue weighted by Crippen LogP contribution is 2.19. The summed E-state index contributed by atoms with van der Waals surface area (Å²) in [6.07, 6.45) is 3.61. The lowest BCUT2D eigenvalue weighted by molar-refractivity contribution is -0.137. The largest absolute Gasteiger partial charge is 0.481 e. The predicted octanol–water partition coefficient (Wildman–Crippen LogP) is 4.06. The molecule has 0 aliphatic heterocycles. The first-order chi connectivity index (χ1) is 15.3. The van der Waals surface area contributed by atoms with Crippen LogP contribution in [0.2, 0.25) is 0 Å². The smallest absolute Gasteiger partial charge is 0.303 e. The van der Waals surface area contributed by atoms with E-state index in [1.807, 2.05) is 37.3 Å². The number of carboxylic acids is 1. The van der Waals surface area contributed by atoms with E-state index in [2.05, 4.69) is 0 Å². The van der Waals surface area contributed by atoms with E-state index in [1.165, 1.54) is 18.2 Å². The summed E-state index contributed by atoms with van der Waals surface area (Å²) in [5.74, 6) is -0.939. The van der Waals surface area contributed by atoms with Gasteiger partial charge in [-0.2, -0.15) is 0 Å². The minimum absolute atomic E-state index is 0.0719. The van der Waals surface area contributed by atoms with Gasteiger partial charge in [0.25, 0.3) is 5.56 Å². The summed E-state index contributed by atoms with van der Waals surface area (Å²) >= 11 is 0. The molecule has 0 aliphatic rings. The molecule has 1 heterocycles. The molecule has 0 spiro atoms. The van der Waals surface area contributed by atoms with Gasteiger partial charge in [0.2, 0.25) is 0 Å². The predicted molar refractivity (Wildman–Crippen MR) is 124 cm³/mol. The molecule has 0 bridgehead atoms. The number of aryl methyl sites for hydroxylation is 1. The fraction of sp³-hybridized carbons (Fsp3) is 0.200. The molecule has 1 N–H and O–H groups in total. The van der Waals surface area contributed by atoms with Crippen LogP contribution in [0, 0.1) is 6.92 Å². The van der Waals surface area contributed by atoms with Crippen LogP contribution in [0.15, 0.2) is 82.0 Å². The van der Waals surface area contributed by atoms with Crippen molar-refractivity contribution in [3.63, 3.8) is 0 Å². The van der Waals surface area contributed by atoms with E-state index in [0.717, 1.165) is 16.5 Å². The first-order valence-corrected chi connectivity index (χ1v) is 11.8. The van der Waals surface area contributed by atoms with E-state index in [1.54, 1.807) is 29.0 Å². The molecule has 0 radical (unpaired) electrons. The summed E-state index contributed by atoms with van der Waals surface area (Å²) in [5.41, 5.74) is 2.39. The van der Waals surface area contributed by atoms with Gasteiger partial charge in [-0.3, -0.25) is 9.59 Å². The summed E-state index contributed by atoms with van der Waals surface area (Å²) in [4.78, 5) is 24.4. The van der Waals surface area contributed by atoms with Gasteiger partial charge >= 0.3 is 5.97 Å². The number of hydrogen-bond acceptors (Lipinski definition) is 4. The van der Waals surface area contributed by atoms with Crippen molar-refractivity contribution in [3.8, 4) is 0 Å². The molecule has 6 nitrogen and oxygen atoms in total. The van der Waals surface area contributed by atoms with Crippen LogP contribution in [0.4, 0.5) is 0 Å². The fourth-order valence-corrected chi connectivity index (χ4v) is 4.53. The number of sulfone groups is 1. The Balaban J connectivity index is 2.02. The van der Waals surface area contributed by atoms with Gasteiger partial charge in [-0.25, -0.2) is 8.42 Å². The number of nitrogens with zero attached hydrogens (tertiary/aromatic N) is 1. The normalized spacial score (nSPS) is 11.7. The lowest BCUT2D eigenvalue weighted by Crippen LogP contribution is -2.26. The van der Waals surface area contributed by atoms with Crippen molar-refractivity contribution < 1.29 is 18.3 Å². The third-order valence-corrected chi connectivity index (χ3v) is 6.54. The van der Waals surface area contributed by atoms with E-state index in [0.29, 0.717) is 17.7 Å². The minimum Gasteiger partial charge on any atom is -0.481 e. The van der Waals surface area contributed by atoms with Gasteiger partial charge in [0.05, 0.1) is 11.4 Å². The molecular weight excluding hydrogens is 426 g/mol. The lowest BCUT2D eigenvalue weighted by atomic mass is 10.00. The highest BCUT2D eigenvalue weighted by atomic mass is 32.2. The zero-order chi connectivity index (χ0) is 23.1. The van der Waals surface area contributed by atoms with Crippen molar-refractivity contribution in [2.45, 2.75) is 37.6 Å². The first-order valence-electron chi connectivity index (χ1n) is 10.2. The van der Waals surface area contributed by atoms with Crippen LogP contribution in [0.3, 0.4) is 0 Å². The third kappa shape index (κ3) is 5.82. The maximum Gasteiger partial charge on any atom is 0.303 e. The molecule has 0 atom stereocenters. The Morgan fingerprint density at radius 3 is 2.28 bits per heavy atom. The molecule has 7 heteroatoms. The second-order valence-corrected chi connectivity index (χ2v) is 9.36. The number of rotatable bonds is 9. The molecule has 0 unspecified atom stereocenters. The molecule has 0 fully saturated rings. The highest BCUT2D eigenvalue weighted by Gasteiger charge is 2.15. The van der Waals surface area contributed by atoms with Crippen molar-refractivity contribution in [2.75, 3.05) is 0 Å². The lowest BCUT2D eigenvalue weighted by Gasteiger charge is -2.14. The summed E-state index contributed by atoms with van der Waals surface area (Å²) in [6, 6.07) is 17.6. The van der Waals surface area contributed by atoms with Crippen LogP contribution in [0.25, 0.3) is 6.08 Å². The van der Waals surface area contributed by atoms with Gasteiger partial charge in [-0.15, -0.1) is 0 Å². The molecule has 0 amide bonds. The summed E-state index contributed by atoms with van der Waals surface area (Å²) in [7, 11) is -3.68. The van der Waals surface area contributed by atoms with Crippen molar-refractivity contribution in [2.24, 2.45) is 0 Å². The maximum absolute atomic E-state index is 13.2. The number of benzene rings is 2. The summed E-state index contributed by atoms with van der Waals surface area (Å²) in [5, 5.41) is 10.1. The standard InChI is InChI=1S/C25H25NO5S/c1-19-17-26(18-20-9-4-2-5-10-20)25(29)23(13-8-14-24(27)28)22(19)15-16-32(30,31)21-11-6-3-7-12-21/h2-7,9-12,15-17H,8,13-14,18H2,1H3,(H,27,28)/b16-15+. The van der Waals surface area contributed by atoms with E-state index < -0.39 is 15.8 Å². The van der Waals surface area contributed by atoms with E-state index in [4.69, 9.17) is 5.11 Å². The van der Waals surface area contributed by atoms with Crippen LogP contribution in [0.5, 0.6) is 0 Å². The first kappa shape index (κ1) is 23.2. The topological polar surface area (TPSA) is 93.4 Å². The van der Waals surface area contributed by atoms with E-state index in [-0.39, 0.29) is 29.7 Å². The Labute approximate surface area is 187 Å². The molecular formula is C25H25NO5S. The van der Waals surface area contributed by atoms with Gasteiger partial charge in [0.1, 0.15) is 0 Å². The molecule has 0 saturated heterocycles. The molecule has 166 valence electrons. The minimum atomic E-state index is -3.68. The Kier molecular flexibility index (Phi) is 7.43. The maximum atomic E-state index is 13.2. The van der Waals surface area contributed by atoms with Crippen LogP contribution < -0.4 is 5.56 Å². The van der Waals surface area contributed by atoms with E-state index >= 15 is 0 Å². The zero-order valence-corrected chi connectivity index (χ0v) is 18.6. The average Bonchev–Trinajstić information content (AvgIpc) is 2.77. The Morgan fingerprint density at radius 2 is 1.66 bits per heavy atom. The number of aromatic nitrogens is 1. The van der Waals surface area contributed by atoms with Crippen LogP contribution in [-0.4, -0.2) is 24.1 Å². The number of aliphatic carboxylic acids is 1. The molecule has 3 rings (SSSR count). The quantitative estimate of drug-likeness (QED) is 0.530. The van der Waals surface area contributed by atoms with E-state index in [9.17, 15) is 18.0 Å². The number of pyridine rings is 1. The van der Waals surface area contributed by atoms with Gasteiger partial charge in [-0.05, 0) is 54.7 Å². The number of carbonyl (C=O) groups is 1. The second-order valence-electron chi connectivity index (χ2n) is 7.53.